The van der Waals surface area contributed by atoms with Gasteiger partial charge in [-0.15, -0.1) is 0 Å². The molecule has 0 aliphatic rings. The number of nitrogens with zero attached hydrogens (tertiary/aromatic N) is 1. The molecule has 0 aliphatic heterocycles. The van der Waals surface area contributed by atoms with Crippen LogP contribution in [0.4, 0.5) is 5.69 Å². The number of benzene rings is 3. The number of halogens is 2. The molecule has 26 heavy (non-hydrogen) atoms. The van der Waals surface area contributed by atoms with Crippen LogP contribution < -0.4 is 9.64 Å². The van der Waals surface area contributed by atoms with E-state index in [9.17, 15) is 4.79 Å². The molecule has 0 unspecified atom stereocenters. The fraction of sp³-hybridized carbons (Fsp3) is 0.0952. The zero-order chi connectivity index (χ0) is 18.4. The third-order valence-corrected chi connectivity index (χ3v) is 4.37. The predicted molar refractivity (Wildman–Crippen MR) is 106 cm³/mol. The highest BCUT2D eigenvalue weighted by molar-refractivity contribution is 6.39. The van der Waals surface area contributed by atoms with Crippen LogP contribution in [0.5, 0.6) is 5.75 Å². The Labute approximate surface area is 162 Å². The molecule has 0 saturated carbocycles. The second-order valence-corrected chi connectivity index (χ2v) is 6.51. The second-order valence-electron chi connectivity index (χ2n) is 5.70. The normalized spacial score (nSPS) is 10.4. The van der Waals surface area contributed by atoms with E-state index >= 15 is 0 Å². The first-order chi connectivity index (χ1) is 12.6. The molecule has 0 radical (unpaired) electrons. The summed E-state index contributed by atoms with van der Waals surface area (Å²) in [7, 11) is 0. The van der Waals surface area contributed by atoms with Crippen LogP contribution in [-0.4, -0.2) is 12.5 Å². The van der Waals surface area contributed by atoms with Gasteiger partial charge >= 0.3 is 5.97 Å². The van der Waals surface area contributed by atoms with E-state index in [0.717, 1.165) is 5.56 Å². The van der Waals surface area contributed by atoms with Crippen molar-refractivity contribution in [3.8, 4) is 5.75 Å². The third-order valence-electron chi connectivity index (χ3n) is 3.76. The van der Waals surface area contributed by atoms with Crippen LogP contribution in [-0.2, 0) is 11.3 Å². The number of carbonyl (C=O) groups excluding carboxylic acids is 1. The van der Waals surface area contributed by atoms with E-state index in [0.29, 0.717) is 28.0 Å². The summed E-state index contributed by atoms with van der Waals surface area (Å²) in [5, 5.41) is 0.974. The lowest BCUT2D eigenvalue weighted by atomic mass is 10.2. The highest BCUT2D eigenvalue weighted by Crippen LogP contribution is 2.34. The summed E-state index contributed by atoms with van der Waals surface area (Å²) in [4.78, 5) is 14.3. The van der Waals surface area contributed by atoms with Crippen LogP contribution in [0.3, 0.4) is 0 Å². The van der Waals surface area contributed by atoms with E-state index in [1.54, 1.807) is 30.3 Å². The monoisotopic (exact) mass is 385 g/mol. The van der Waals surface area contributed by atoms with Gasteiger partial charge in [-0.2, -0.15) is 0 Å². The summed E-state index contributed by atoms with van der Waals surface area (Å²) in [6.45, 7) is 0.501. The van der Waals surface area contributed by atoms with Gasteiger partial charge in [0.25, 0.3) is 0 Å². The molecule has 3 aromatic rings. The fourth-order valence-electron chi connectivity index (χ4n) is 2.62. The van der Waals surface area contributed by atoms with Crippen molar-refractivity contribution in [2.75, 3.05) is 11.4 Å². The standard InChI is InChI=1S/C21H17Cl2NO2/c22-18-12-7-13-19(23)21(18)24(14-16-8-3-1-4-9-16)15-20(25)26-17-10-5-2-6-11-17/h1-13H,14-15H2. The largest absolute Gasteiger partial charge is 0.425 e. The summed E-state index contributed by atoms with van der Waals surface area (Å²) in [5.41, 5.74) is 1.65. The minimum Gasteiger partial charge on any atom is -0.425 e. The molecule has 0 atom stereocenters. The van der Waals surface area contributed by atoms with E-state index in [1.165, 1.54) is 0 Å². The summed E-state index contributed by atoms with van der Waals surface area (Å²) in [6, 6.07) is 24.1. The molecule has 0 fully saturated rings. The molecular formula is C21H17Cl2NO2. The number of carbonyl (C=O) groups is 1. The lowest BCUT2D eigenvalue weighted by molar-refractivity contribution is -0.132. The molecule has 3 nitrogen and oxygen atoms in total. The van der Waals surface area contributed by atoms with Crippen LogP contribution in [0.25, 0.3) is 0 Å². The van der Waals surface area contributed by atoms with Crippen LogP contribution in [0.2, 0.25) is 10.0 Å². The first-order valence-electron chi connectivity index (χ1n) is 8.12. The quantitative estimate of drug-likeness (QED) is 0.408. The maximum atomic E-state index is 12.5. The number of para-hydroxylation sites is 2. The molecule has 0 spiro atoms. The Morgan fingerprint density at radius 2 is 1.38 bits per heavy atom. The van der Waals surface area contributed by atoms with E-state index in [-0.39, 0.29) is 12.5 Å². The highest BCUT2D eigenvalue weighted by Gasteiger charge is 2.19. The zero-order valence-corrected chi connectivity index (χ0v) is 15.5. The van der Waals surface area contributed by atoms with E-state index < -0.39 is 0 Å². The number of rotatable bonds is 6. The average Bonchev–Trinajstić information content (AvgIpc) is 2.63. The molecule has 3 aromatic carbocycles. The molecule has 0 aromatic heterocycles. The van der Waals surface area contributed by atoms with Crippen LogP contribution in [0.15, 0.2) is 78.9 Å². The van der Waals surface area contributed by atoms with Crippen molar-refractivity contribution in [3.63, 3.8) is 0 Å². The molecular weight excluding hydrogens is 369 g/mol. The number of hydrogen-bond acceptors (Lipinski definition) is 3. The Bertz CT molecular complexity index is 849. The van der Waals surface area contributed by atoms with Crippen LogP contribution in [0.1, 0.15) is 5.56 Å². The van der Waals surface area contributed by atoms with E-state index in [1.807, 2.05) is 53.4 Å². The van der Waals surface area contributed by atoms with Gasteiger partial charge in [-0.25, -0.2) is 4.79 Å². The Hall–Kier alpha value is -2.49. The van der Waals surface area contributed by atoms with Gasteiger partial charge in [0.15, 0.2) is 0 Å². The zero-order valence-electron chi connectivity index (χ0n) is 13.9. The van der Waals surface area contributed by atoms with Crippen molar-refractivity contribution in [2.24, 2.45) is 0 Å². The third kappa shape index (κ3) is 4.78. The summed E-state index contributed by atoms with van der Waals surface area (Å²) in [6.07, 6.45) is 0. The maximum absolute atomic E-state index is 12.5. The number of esters is 1. The van der Waals surface area contributed by atoms with Gasteiger partial charge in [0.1, 0.15) is 12.3 Å². The average molecular weight is 386 g/mol. The van der Waals surface area contributed by atoms with Gasteiger partial charge in [-0.3, -0.25) is 0 Å². The Morgan fingerprint density at radius 1 is 0.808 bits per heavy atom. The second kappa shape index (κ2) is 8.75. The van der Waals surface area contributed by atoms with Crippen molar-refractivity contribution in [2.45, 2.75) is 6.54 Å². The predicted octanol–water partition coefficient (Wildman–Crippen LogP) is 5.61. The van der Waals surface area contributed by atoms with Crippen molar-refractivity contribution in [3.05, 3.63) is 94.5 Å². The lowest BCUT2D eigenvalue weighted by Gasteiger charge is -2.26. The number of hydrogen-bond donors (Lipinski definition) is 0. The Kier molecular flexibility index (Phi) is 6.16. The first kappa shape index (κ1) is 18.3. The van der Waals surface area contributed by atoms with Gasteiger partial charge in [0, 0.05) is 6.54 Å². The molecule has 0 amide bonds. The summed E-state index contributed by atoms with van der Waals surface area (Å²) < 4.78 is 5.42. The van der Waals surface area contributed by atoms with Gasteiger partial charge in [0.2, 0.25) is 0 Å². The molecule has 3 rings (SSSR count). The smallest absolute Gasteiger partial charge is 0.330 e. The topological polar surface area (TPSA) is 29.5 Å². The van der Waals surface area contributed by atoms with Gasteiger partial charge in [-0.05, 0) is 29.8 Å². The summed E-state index contributed by atoms with van der Waals surface area (Å²) in [5.74, 6) is 0.116. The Morgan fingerprint density at radius 3 is 2.00 bits per heavy atom. The maximum Gasteiger partial charge on any atom is 0.330 e. The fourth-order valence-corrected chi connectivity index (χ4v) is 3.25. The van der Waals surface area contributed by atoms with Crippen molar-refractivity contribution in [1.29, 1.82) is 0 Å². The van der Waals surface area contributed by atoms with Crippen molar-refractivity contribution in [1.82, 2.24) is 0 Å². The van der Waals surface area contributed by atoms with Gasteiger partial charge < -0.3 is 9.64 Å². The summed E-state index contributed by atoms with van der Waals surface area (Å²) >= 11 is 12.7. The highest BCUT2D eigenvalue weighted by atomic mass is 35.5. The molecule has 132 valence electrons. The Balaban J connectivity index is 1.84. The SMILES string of the molecule is O=C(CN(Cc1ccccc1)c1c(Cl)cccc1Cl)Oc1ccccc1. The van der Waals surface area contributed by atoms with Crippen molar-refractivity contribution < 1.29 is 9.53 Å². The van der Waals surface area contributed by atoms with Crippen molar-refractivity contribution >= 4 is 34.9 Å². The number of ether oxygens (including phenoxy) is 1. The minimum absolute atomic E-state index is 0.0211. The molecule has 0 aliphatic carbocycles. The van der Waals surface area contributed by atoms with Gasteiger partial charge in [0.05, 0.1) is 15.7 Å². The minimum atomic E-state index is -0.386. The molecule has 5 heteroatoms. The lowest BCUT2D eigenvalue weighted by Crippen LogP contribution is -2.32. The number of anilines is 1. The molecule has 0 heterocycles. The molecule has 0 saturated heterocycles. The van der Waals surface area contributed by atoms with E-state index in [2.05, 4.69) is 0 Å². The molecule has 0 N–H and O–H groups in total. The van der Waals surface area contributed by atoms with E-state index in [4.69, 9.17) is 27.9 Å². The molecule has 0 bridgehead atoms. The first-order valence-corrected chi connectivity index (χ1v) is 8.87. The van der Waals surface area contributed by atoms with Crippen LogP contribution >= 0.6 is 23.2 Å². The van der Waals surface area contributed by atoms with Gasteiger partial charge in [-0.1, -0.05) is 77.8 Å². The van der Waals surface area contributed by atoms with Crippen LogP contribution in [0, 0.1) is 0 Å².